The fourth-order valence-electron chi connectivity index (χ4n) is 3.12. The lowest BCUT2D eigenvalue weighted by atomic mass is 9.89. The Balaban J connectivity index is 2.21. The summed E-state index contributed by atoms with van der Waals surface area (Å²) < 4.78 is 3.16. The molecule has 1 aliphatic carbocycles. The summed E-state index contributed by atoms with van der Waals surface area (Å²) in [6.07, 6.45) is 10.2. The van der Waals surface area contributed by atoms with Crippen molar-refractivity contribution < 1.29 is 0 Å². The minimum absolute atomic E-state index is 0.440. The van der Waals surface area contributed by atoms with E-state index in [0.29, 0.717) is 6.04 Å². The van der Waals surface area contributed by atoms with Gasteiger partial charge in [-0.25, -0.2) is 0 Å². The molecular weight excluding hydrogens is 290 g/mol. The van der Waals surface area contributed by atoms with Crippen LogP contribution in [0.5, 0.6) is 0 Å². The second-order valence-electron chi connectivity index (χ2n) is 5.29. The Morgan fingerprint density at radius 2 is 2.06 bits per heavy atom. The van der Waals surface area contributed by atoms with Gasteiger partial charge < -0.3 is 5.32 Å². The molecular formula is C14H24BrN3. The molecule has 0 aromatic carbocycles. The van der Waals surface area contributed by atoms with Crippen LogP contribution in [0.3, 0.4) is 0 Å². The first-order valence-electron chi connectivity index (χ1n) is 7.14. The predicted molar refractivity (Wildman–Crippen MR) is 78.5 cm³/mol. The largest absolute Gasteiger partial charge is 0.309 e. The predicted octanol–water partition coefficient (Wildman–Crippen LogP) is 3.80. The standard InChI is InChI=1S/C14H24BrN3/c1-3-16-13(11-8-6-4-5-7-9-11)14-12(15)10-17-18(14)2/h10-11,13,16H,3-9H2,1-2H3. The fraction of sp³-hybridized carbons (Fsp3) is 0.786. The van der Waals surface area contributed by atoms with E-state index in [0.717, 1.165) is 16.9 Å². The third-order valence-corrected chi connectivity index (χ3v) is 4.64. The maximum atomic E-state index is 4.37. The van der Waals surface area contributed by atoms with Crippen LogP contribution in [0, 0.1) is 5.92 Å². The van der Waals surface area contributed by atoms with Crippen molar-refractivity contribution in [2.75, 3.05) is 6.54 Å². The molecule has 0 radical (unpaired) electrons. The molecule has 1 aliphatic rings. The second kappa shape index (κ2) is 6.71. The zero-order valence-corrected chi connectivity index (χ0v) is 13.0. The zero-order valence-electron chi connectivity index (χ0n) is 11.5. The summed E-state index contributed by atoms with van der Waals surface area (Å²) in [5.74, 6) is 0.749. The topological polar surface area (TPSA) is 29.9 Å². The van der Waals surface area contributed by atoms with Crippen LogP contribution in [-0.4, -0.2) is 16.3 Å². The van der Waals surface area contributed by atoms with Gasteiger partial charge in [-0.1, -0.05) is 32.6 Å². The van der Waals surface area contributed by atoms with Crippen molar-refractivity contribution in [2.45, 2.75) is 51.5 Å². The van der Waals surface area contributed by atoms with Crippen molar-refractivity contribution >= 4 is 15.9 Å². The van der Waals surface area contributed by atoms with E-state index in [1.54, 1.807) is 0 Å². The van der Waals surface area contributed by atoms with E-state index in [-0.39, 0.29) is 0 Å². The number of rotatable bonds is 4. The summed E-state index contributed by atoms with van der Waals surface area (Å²) in [5, 5.41) is 8.04. The molecule has 0 aliphatic heterocycles. The van der Waals surface area contributed by atoms with Crippen LogP contribution in [0.4, 0.5) is 0 Å². The van der Waals surface area contributed by atoms with Crippen LogP contribution in [0.1, 0.15) is 57.2 Å². The lowest BCUT2D eigenvalue weighted by molar-refractivity contribution is 0.316. The van der Waals surface area contributed by atoms with Gasteiger partial charge in [0.05, 0.1) is 22.4 Å². The first-order valence-corrected chi connectivity index (χ1v) is 7.94. The van der Waals surface area contributed by atoms with E-state index in [2.05, 4.69) is 33.3 Å². The van der Waals surface area contributed by atoms with E-state index >= 15 is 0 Å². The Bertz CT molecular complexity index is 348. The van der Waals surface area contributed by atoms with Crippen molar-refractivity contribution in [1.82, 2.24) is 15.1 Å². The van der Waals surface area contributed by atoms with Gasteiger partial charge in [0.1, 0.15) is 0 Å². The smallest absolute Gasteiger partial charge is 0.0695 e. The maximum Gasteiger partial charge on any atom is 0.0695 e. The third-order valence-electron chi connectivity index (χ3n) is 4.03. The molecule has 1 heterocycles. The normalized spacial score (nSPS) is 19.7. The molecule has 2 rings (SSSR count). The Morgan fingerprint density at radius 3 is 2.56 bits per heavy atom. The molecule has 4 heteroatoms. The number of aromatic nitrogens is 2. The number of aryl methyl sites for hydroxylation is 1. The van der Waals surface area contributed by atoms with Gasteiger partial charge in [0, 0.05) is 7.05 Å². The number of hydrogen-bond donors (Lipinski definition) is 1. The van der Waals surface area contributed by atoms with Gasteiger partial charge in [-0.3, -0.25) is 4.68 Å². The van der Waals surface area contributed by atoms with Crippen molar-refractivity contribution in [1.29, 1.82) is 0 Å². The van der Waals surface area contributed by atoms with Gasteiger partial charge in [0.15, 0.2) is 0 Å². The molecule has 102 valence electrons. The molecule has 1 N–H and O–H groups in total. The highest BCUT2D eigenvalue weighted by Gasteiger charge is 2.27. The van der Waals surface area contributed by atoms with Crippen LogP contribution in [-0.2, 0) is 7.05 Å². The molecule has 0 saturated heterocycles. The van der Waals surface area contributed by atoms with Gasteiger partial charge in [-0.2, -0.15) is 5.10 Å². The summed E-state index contributed by atoms with van der Waals surface area (Å²) in [6, 6.07) is 0.440. The SMILES string of the molecule is CCNC(c1c(Br)cnn1C)C1CCCCCC1. The fourth-order valence-corrected chi connectivity index (χ4v) is 3.72. The number of hydrogen-bond acceptors (Lipinski definition) is 2. The first kappa shape index (κ1) is 14.1. The second-order valence-corrected chi connectivity index (χ2v) is 6.14. The Kier molecular flexibility index (Phi) is 5.25. The molecule has 18 heavy (non-hydrogen) atoms. The molecule has 1 aromatic heterocycles. The lowest BCUT2D eigenvalue weighted by Crippen LogP contribution is -2.30. The van der Waals surface area contributed by atoms with E-state index in [1.807, 2.05) is 17.9 Å². The first-order chi connectivity index (χ1) is 8.74. The Labute approximate surface area is 118 Å². The van der Waals surface area contributed by atoms with E-state index in [1.165, 1.54) is 44.2 Å². The minimum atomic E-state index is 0.440. The highest BCUT2D eigenvalue weighted by molar-refractivity contribution is 9.10. The van der Waals surface area contributed by atoms with Crippen molar-refractivity contribution in [2.24, 2.45) is 13.0 Å². The molecule has 1 saturated carbocycles. The molecule has 0 spiro atoms. The van der Waals surface area contributed by atoms with Gasteiger partial charge in [0.25, 0.3) is 0 Å². The zero-order chi connectivity index (χ0) is 13.0. The summed E-state index contributed by atoms with van der Waals surface area (Å²) in [4.78, 5) is 0. The quantitative estimate of drug-likeness (QED) is 0.857. The van der Waals surface area contributed by atoms with Gasteiger partial charge >= 0.3 is 0 Å². The minimum Gasteiger partial charge on any atom is -0.309 e. The average molecular weight is 314 g/mol. The van der Waals surface area contributed by atoms with Gasteiger partial charge in [-0.15, -0.1) is 0 Å². The molecule has 0 bridgehead atoms. The van der Waals surface area contributed by atoms with E-state index in [9.17, 15) is 0 Å². The van der Waals surface area contributed by atoms with E-state index < -0.39 is 0 Å². The summed E-state index contributed by atoms with van der Waals surface area (Å²) in [6.45, 7) is 3.20. The maximum absolute atomic E-state index is 4.37. The van der Waals surface area contributed by atoms with Crippen LogP contribution in [0.25, 0.3) is 0 Å². The third kappa shape index (κ3) is 3.15. The monoisotopic (exact) mass is 313 g/mol. The molecule has 3 nitrogen and oxygen atoms in total. The number of nitrogens with one attached hydrogen (secondary N) is 1. The van der Waals surface area contributed by atoms with Crippen molar-refractivity contribution in [3.8, 4) is 0 Å². The summed E-state index contributed by atoms with van der Waals surface area (Å²) >= 11 is 3.65. The van der Waals surface area contributed by atoms with Crippen molar-refractivity contribution in [3.05, 3.63) is 16.4 Å². The van der Waals surface area contributed by atoms with Crippen LogP contribution in [0.15, 0.2) is 10.7 Å². The number of halogens is 1. The molecule has 1 aromatic rings. The average Bonchev–Trinajstić information content (AvgIpc) is 2.61. The molecule has 1 fully saturated rings. The van der Waals surface area contributed by atoms with Crippen LogP contribution < -0.4 is 5.32 Å². The highest BCUT2D eigenvalue weighted by atomic mass is 79.9. The van der Waals surface area contributed by atoms with E-state index in [4.69, 9.17) is 0 Å². The Hall–Kier alpha value is -0.350. The van der Waals surface area contributed by atoms with Crippen LogP contribution in [0.2, 0.25) is 0 Å². The molecule has 1 atom stereocenters. The lowest BCUT2D eigenvalue weighted by Gasteiger charge is -2.27. The molecule has 1 unspecified atom stereocenters. The molecule has 0 amide bonds. The van der Waals surface area contributed by atoms with Gasteiger partial charge in [-0.05, 0) is 41.2 Å². The summed E-state index contributed by atoms with van der Waals surface area (Å²) in [7, 11) is 2.04. The van der Waals surface area contributed by atoms with Gasteiger partial charge in [0.2, 0.25) is 0 Å². The van der Waals surface area contributed by atoms with Crippen LogP contribution >= 0.6 is 15.9 Å². The Morgan fingerprint density at radius 1 is 1.39 bits per heavy atom. The number of nitrogens with zero attached hydrogens (tertiary/aromatic N) is 2. The highest BCUT2D eigenvalue weighted by Crippen LogP contribution is 2.36. The summed E-state index contributed by atoms with van der Waals surface area (Å²) in [5.41, 5.74) is 1.31. The van der Waals surface area contributed by atoms with Crippen molar-refractivity contribution in [3.63, 3.8) is 0 Å².